The van der Waals surface area contributed by atoms with Gasteiger partial charge in [0.05, 0.1) is 5.25 Å². The SMILES string of the molecule is CCCCn1c(S[C@@H](C)C(=O)N2CCNC2=O)n[nH]c1=O. The number of urea groups is 1. The molecule has 2 rings (SSSR count). The van der Waals surface area contributed by atoms with Crippen LogP contribution >= 0.6 is 11.8 Å². The first kappa shape index (κ1) is 15.6. The number of nitrogens with zero attached hydrogens (tertiary/aromatic N) is 3. The summed E-state index contributed by atoms with van der Waals surface area (Å²) in [6.45, 7) is 5.18. The smallest absolute Gasteiger partial charge is 0.336 e. The fourth-order valence-electron chi connectivity index (χ4n) is 2.02. The second-order valence-corrected chi connectivity index (χ2v) is 6.11. The second kappa shape index (κ2) is 6.79. The molecule has 9 heteroatoms. The zero-order valence-corrected chi connectivity index (χ0v) is 12.9. The third-order valence-electron chi connectivity index (χ3n) is 3.21. The average molecular weight is 313 g/mol. The van der Waals surface area contributed by atoms with Crippen LogP contribution in [-0.2, 0) is 11.3 Å². The van der Waals surface area contributed by atoms with E-state index in [4.69, 9.17) is 0 Å². The van der Waals surface area contributed by atoms with E-state index < -0.39 is 5.25 Å². The topological polar surface area (TPSA) is 100 Å². The fourth-order valence-corrected chi connectivity index (χ4v) is 2.96. The molecule has 1 saturated heterocycles. The maximum atomic E-state index is 12.2. The van der Waals surface area contributed by atoms with Crippen molar-refractivity contribution in [2.24, 2.45) is 0 Å². The van der Waals surface area contributed by atoms with Crippen molar-refractivity contribution in [3.8, 4) is 0 Å². The number of aromatic amines is 1. The summed E-state index contributed by atoms with van der Waals surface area (Å²) in [4.78, 5) is 36.6. The number of aromatic nitrogens is 3. The van der Waals surface area contributed by atoms with E-state index in [1.54, 1.807) is 6.92 Å². The Balaban J connectivity index is 2.05. The Hall–Kier alpha value is -1.77. The highest BCUT2D eigenvalue weighted by Gasteiger charge is 2.31. The summed E-state index contributed by atoms with van der Waals surface area (Å²) >= 11 is 1.19. The minimum Gasteiger partial charge on any atom is -0.336 e. The molecule has 0 aliphatic carbocycles. The number of unbranched alkanes of at least 4 members (excludes halogenated alkanes) is 1. The monoisotopic (exact) mass is 313 g/mol. The number of carbonyl (C=O) groups excluding carboxylic acids is 2. The van der Waals surface area contributed by atoms with Gasteiger partial charge in [-0.3, -0.25) is 14.3 Å². The van der Waals surface area contributed by atoms with Gasteiger partial charge in [-0.05, 0) is 13.3 Å². The molecule has 1 aromatic rings. The Bertz CT molecular complexity index is 582. The van der Waals surface area contributed by atoms with Gasteiger partial charge in [0.2, 0.25) is 5.91 Å². The molecule has 1 atom stereocenters. The lowest BCUT2D eigenvalue weighted by Gasteiger charge is -2.17. The van der Waals surface area contributed by atoms with Crippen LogP contribution in [0, 0.1) is 0 Å². The number of imide groups is 1. The van der Waals surface area contributed by atoms with Crippen molar-refractivity contribution in [2.75, 3.05) is 13.1 Å². The van der Waals surface area contributed by atoms with Crippen LogP contribution in [0.2, 0.25) is 0 Å². The maximum Gasteiger partial charge on any atom is 0.343 e. The van der Waals surface area contributed by atoms with Gasteiger partial charge in [-0.2, -0.15) is 0 Å². The summed E-state index contributed by atoms with van der Waals surface area (Å²) in [5, 5.41) is 8.95. The van der Waals surface area contributed by atoms with Gasteiger partial charge in [0.1, 0.15) is 0 Å². The highest BCUT2D eigenvalue weighted by atomic mass is 32.2. The minimum absolute atomic E-state index is 0.271. The van der Waals surface area contributed by atoms with E-state index in [0.717, 1.165) is 12.8 Å². The zero-order valence-electron chi connectivity index (χ0n) is 12.1. The van der Waals surface area contributed by atoms with Gasteiger partial charge in [-0.15, -0.1) is 5.10 Å². The van der Waals surface area contributed by atoms with Gasteiger partial charge < -0.3 is 5.32 Å². The first-order valence-corrected chi connectivity index (χ1v) is 7.83. The first-order chi connectivity index (χ1) is 10.0. The summed E-state index contributed by atoms with van der Waals surface area (Å²) < 4.78 is 1.53. The Morgan fingerprint density at radius 3 is 2.86 bits per heavy atom. The third-order valence-corrected chi connectivity index (χ3v) is 4.29. The van der Waals surface area contributed by atoms with E-state index in [9.17, 15) is 14.4 Å². The van der Waals surface area contributed by atoms with Crippen LogP contribution < -0.4 is 11.0 Å². The molecule has 1 aliphatic rings. The van der Waals surface area contributed by atoms with Gasteiger partial charge in [-0.25, -0.2) is 14.7 Å². The summed E-state index contributed by atoms with van der Waals surface area (Å²) in [5.74, 6) is -0.271. The van der Waals surface area contributed by atoms with Crippen molar-refractivity contribution in [1.29, 1.82) is 0 Å². The average Bonchev–Trinajstić information content (AvgIpc) is 3.03. The molecule has 21 heavy (non-hydrogen) atoms. The molecule has 0 saturated carbocycles. The molecule has 0 spiro atoms. The van der Waals surface area contributed by atoms with Crippen LogP contribution in [0.4, 0.5) is 4.79 Å². The number of hydrogen-bond acceptors (Lipinski definition) is 5. The van der Waals surface area contributed by atoms with E-state index in [1.807, 2.05) is 6.92 Å². The molecule has 2 N–H and O–H groups in total. The number of nitrogens with one attached hydrogen (secondary N) is 2. The number of rotatable bonds is 6. The highest BCUT2D eigenvalue weighted by molar-refractivity contribution is 8.00. The number of thioether (sulfide) groups is 1. The quantitative estimate of drug-likeness (QED) is 0.741. The van der Waals surface area contributed by atoms with Crippen molar-refractivity contribution < 1.29 is 9.59 Å². The molecule has 2 heterocycles. The molecule has 0 aromatic carbocycles. The van der Waals surface area contributed by atoms with Crippen molar-refractivity contribution in [3.05, 3.63) is 10.5 Å². The van der Waals surface area contributed by atoms with Gasteiger partial charge in [-0.1, -0.05) is 25.1 Å². The van der Waals surface area contributed by atoms with Gasteiger partial charge in [0.15, 0.2) is 5.16 Å². The molecule has 1 aliphatic heterocycles. The van der Waals surface area contributed by atoms with Crippen molar-refractivity contribution in [3.63, 3.8) is 0 Å². The number of carbonyl (C=O) groups is 2. The van der Waals surface area contributed by atoms with E-state index >= 15 is 0 Å². The Kier molecular flexibility index (Phi) is 5.05. The van der Waals surface area contributed by atoms with Crippen LogP contribution in [0.5, 0.6) is 0 Å². The molecule has 1 fully saturated rings. The molecule has 1 aromatic heterocycles. The highest BCUT2D eigenvalue weighted by Crippen LogP contribution is 2.22. The molecular weight excluding hydrogens is 294 g/mol. The van der Waals surface area contributed by atoms with Gasteiger partial charge >= 0.3 is 11.7 Å². The van der Waals surface area contributed by atoms with Crippen molar-refractivity contribution in [2.45, 2.75) is 43.6 Å². The van der Waals surface area contributed by atoms with Crippen LogP contribution in [0.3, 0.4) is 0 Å². The summed E-state index contributed by atoms with van der Waals surface area (Å²) in [7, 11) is 0. The molecule has 3 amide bonds. The number of H-pyrrole nitrogens is 1. The van der Waals surface area contributed by atoms with Crippen LogP contribution in [0.25, 0.3) is 0 Å². The number of hydrogen-bond donors (Lipinski definition) is 2. The van der Waals surface area contributed by atoms with Gasteiger partial charge in [0.25, 0.3) is 0 Å². The predicted molar refractivity (Wildman–Crippen MR) is 78.2 cm³/mol. The minimum atomic E-state index is -0.482. The maximum absolute atomic E-state index is 12.2. The molecule has 0 unspecified atom stereocenters. The molecule has 116 valence electrons. The van der Waals surface area contributed by atoms with E-state index in [2.05, 4.69) is 15.5 Å². The Morgan fingerprint density at radius 1 is 1.48 bits per heavy atom. The summed E-state index contributed by atoms with van der Waals surface area (Å²) in [6.07, 6.45) is 1.83. The van der Waals surface area contributed by atoms with E-state index in [1.165, 1.54) is 21.2 Å². The Morgan fingerprint density at radius 2 is 2.24 bits per heavy atom. The van der Waals surface area contributed by atoms with Gasteiger partial charge in [0, 0.05) is 19.6 Å². The Labute approximate surface area is 126 Å². The second-order valence-electron chi connectivity index (χ2n) is 4.80. The lowest BCUT2D eigenvalue weighted by Crippen LogP contribution is -2.39. The van der Waals surface area contributed by atoms with E-state index in [-0.39, 0.29) is 17.6 Å². The molecular formula is C12H19N5O3S. The van der Waals surface area contributed by atoms with Crippen molar-refractivity contribution >= 4 is 23.7 Å². The molecule has 0 bridgehead atoms. The zero-order chi connectivity index (χ0) is 15.4. The van der Waals surface area contributed by atoms with Crippen LogP contribution in [-0.4, -0.2) is 49.9 Å². The molecule has 0 radical (unpaired) electrons. The largest absolute Gasteiger partial charge is 0.343 e. The van der Waals surface area contributed by atoms with Crippen LogP contribution in [0.15, 0.2) is 9.95 Å². The molecule has 8 nitrogen and oxygen atoms in total. The lowest BCUT2D eigenvalue weighted by molar-refractivity contribution is -0.126. The normalized spacial score (nSPS) is 16.1. The lowest BCUT2D eigenvalue weighted by atomic mass is 10.3. The summed E-state index contributed by atoms with van der Waals surface area (Å²) in [5.41, 5.74) is -0.274. The van der Waals surface area contributed by atoms with Crippen LogP contribution in [0.1, 0.15) is 26.7 Å². The fraction of sp³-hybridized carbons (Fsp3) is 0.667. The standard InChI is InChI=1S/C12H19N5O3S/c1-3-4-6-17-11(20)14-15-12(17)21-8(2)9(18)16-7-5-13-10(16)19/h8H,3-7H2,1-2H3,(H,13,19)(H,14,20)/t8-/m0/s1. The first-order valence-electron chi connectivity index (χ1n) is 6.95. The number of amides is 3. The third kappa shape index (κ3) is 3.46. The van der Waals surface area contributed by atoms with E-state index in [0.29, 0.717) is 24.8 Å². The van der Waals surface area contributed by atoms with Crippen molar-refractivity contribution in [1.82, 2.24) is 25.0 Å². The predicted octanol–water partition coefficient (Wildman–Crippen LogP) is 0.404. The summed E-state index contributed by atoms with van der Waals surface area (Å²) in [6, 6.07) is -0.363.